The van der Waals surface area contributed by atoms with Gasteiger partial charge in [0.25, 0.3) is 5.91 Å². The zero-order valence-electron chi connectivity index (χ0n) is 21.7. The van der Waals surface area contributed by atoms with Crippen LogP contribution in [0.1, 0.15) is 66.8 Å². The molecule has 4 rings (SSSR count). The predicted octanol–water partition coefficient (Wildman–Crippen LogP) is 3.99. The number of nitrogens with one attached hydrogen (secondary N) is 1. The van der Waals surface area contributed by atoms with Crippen LogP contribution in [0.3, 0.4) is 0 Å². The number of aromatic nitrogens is 3. The van der Waals surface area contributed by atoms with Gasteiger partial charge in [-0.15, -0.1) is 10.2 Å². The molecular weight excluding hydrogens is 458 g/mol. The standard InChI is InChI=1S/C27H37N5O4/c1-5-35-23-9-7-6-8-20(23)17-31-13-12-25-29-30-26(32(25)15-14-31)22(16-19(2)3)28-27(33)24-11-10-21(36-24)18-34-4/h6-11,19,22H,5,12-18H2,1-4H3,(H,28,33)/t22-/m0/s1. The van der Waals surface area contributed by atoms with Crippen molar-refractivity contribution in [1.82, 2.24) is 25.0 Å². The lowest BCUT2D eigenvalue weighted by atomic mass is 10.0. The molecular formula is C27H37N5O4. The molecule has 0 radical (unpaired) electrons. The van der Waals surface area contributed by atoms with Crippen molar-refractivity contribution in [3.63, 3.8) is 0 Å². The third-order valence-corrected chi connectivity index (χ3v) is 6.31. The van der Waals surface area contributed by atoms with Crippen LogP contribution in [0.2, 0.25) is 0 Å². The number of benzene rings is 1. The number of methoxy groups -OCH3 is 1. The number of hydrogen-bond donors (Lipinski definition) is 1. The van der Waals surface area contributed by atoms with E-state index < -0.39 is 0 Å². The number of carbonyl (C=O) groups excluding carboxylic acids is 1. The van der Waals surface area contributed by atoms with Crippen molar-refractivity contribution in [3.05, 3.63) is 65.1 Å². The van der Waals surface area contributed by atoms with E-state index in [1.165, 1.54) is 5.56 Å². The van der Waals surface area contributed by atoms with Crippen molar-refractivity contribution in [2.24, 2.45) is 5.92 Å². The Morgan fingerprint density at radius 1 is 1.14 bits per heavy atom. The molecule has 0 fully saturated rings. The SMILES string of the molecule is CCOc1ccccc1CN1CCc2nnc([C@H](CC(C)C)NC(=O)c3ccc(COC)o3)n2CC1. The number of fused-ring (bicyclic) bond motifs is 1. The Kier molecular flexibility index (Phi) is 8.77. The molecule has 194 valence electrons. The summed E-state index contributed by atoms with van der Waals surface area (Å²) in [6.45, 7) is 10.6. The smallest absolute Gasteiger partial charge is 0.287 e. The summed E-state index contributed by atoms with van der Waals surface area (Å²) in [7, 11) is 1.59. The van der Waals surface area contributed by atoms with E-state index in [2.05, 4.69) is 51.0 Å². The molecule has 1 atom stereocenters. The zero-order chi connectivity index (χ0) is 25.5. The molecule has 0 unspecified atom stereocenters. The minimum Gasteiger partial charge on any atom is -0.494 e. The van der Waals surface area contributed by atoms with Crippen LogP contribution in [0.15, 0.2) is 40.8 Å². The molecule has 0 saturated heterocycles. The summed E-state index contributed by atoms with van der Waals surface area (Å²) in [6.07, 6.45) is 1.55. The average Bonchev–Trinajstić information content (AvgIpc) is 3.44. The van der Waals surface area contributed by atoms with Crippen LogP contribution in [0.25, 0.3) is 0 Å². The summed E-state index contributed by atoms with van der Waals surface area (Å²) in [5.41, 5.74) is 1.19. The number of furan rings is 1. The summed E-state index contributed by atoms with van der Waals surface area (Å²) in [6, 6.07) is 11.4. The van der Waals surface area contributed by atoms with Gasteiger partial charge in [-0.05, 0) is 37.5 Å². The fourth-order valence-electron chi connectivity index (χ4n) is 4.63. The van der Waals surface area contributed by atoms with Gasteiger partial charge >= 0.3 is 0 Å². The molecule has 1 N–H and O–H groups in total. The van der Waals surface area contributed by atoms with Crippen LogP contribution in [0.5, 0.6) is 5.75 Å². The van der Waals surface area contributed by atoms with E-state index >= 15 is 0 Å². The topological polar surface area (TPSA) is 94.7 Å². The number of rotatable bonds is 11. The van der Waals surface area contributed by atoms with E-state index in [0.29, 0.717) is 24.9 Å². The van der Waals surface area contributed by atoms with Gasteiger partial charge in [-0.3, -0.25) is 9.69 Å². The minimum absolute atomic E-state index is 0.261. The molecule has 3 aromatic rings. The summed E-state index contributed by atoms with van der Waals surface area (Å²) in [5, 5.41) is 12.2. The Morgan fingerprint density at radius 2 is 1.97 bits per heavy atom. The second-order valence-corrected chi connectivity index (χ2v) is 9.55. The van der Waals surface area contributed by atoms with Crippen LogP contribution in [-0.2, 0) is 30.9 Å². The Bertz CT molecular complexity index is 1140. The van der Waals surface area contributed by atoms with Crippen molar-refractivity contribution in [2.45, 2.75) is 59.4 Å². The van der Waals surface area contributed by atoms with Crippen molar-refractivity contribution >= 4 is 5.91 Å². The number of ether oxygens (including phenoxy) is 2. The highest BCUT2D eigenvalue weighted by Gasteiger charge is 2.27. The van der Waals surface area contributed by atoms with E-state index in [-0.39, 0.29) is 17.7 Å². The van der Waals surface area contributed by atoms with Crippen molar-refractivity contribution in [1.29, 1.82) is 0 Å². The molecule has 3 heterocycles. The second kappa shape index (κ2) is 12.2. The second-order valence-electron chi connectivity index (χ2n) is 9.55. The number of hydrogen-bond acceptors (Lipinski definition) is 7. The molecule has 36 heavy (non-hydrogen) atoms. The highest BCUT2D eigenvalue weighted by molar-refractivity contribution is 5.91. The van der Waals surface area contributed by atoms with Crippen LogP contribution in [0, 0.1) is 5.92 Å². The highest BCUT2D eigenvalue weighted by atomic mass is 16.5. The summed E-state index contributed by atoms with van der Waals surface area (Å²) in [4.78, 5) is 15.4. The highest BCUT2D eigenvalue weighted by Crippen LogP contribution is 2.25. The first-order valence-corrected chi connectivity index (χ1v) is 12.7. The van der Waals surface area contributed by atoms with Gasteiger partial charge in [0.15, 0.2) is 11.6 Å². The number of amides is 1. The molecule has 0 aliphatic carbocycles. The number of carbonyl (C=O) groups is 1. The van der Waals surface area contributed by atoms with Crippen molar-refractivity contribution < 1.29 is 18.7 Å². The minimum atomic E-state index is -0.264. The first-order valence-electron chi connectivity index (χ1n) is 12.7. The maximum Gasteiger partial charge on any atom is 0.287 e. The maximum atomic E-state index is 13.0. The quantitative estimate of drug-likeness (QED) is 0.430. The molecule has 9 nitrogen and oxygen atoms in total. The molecule has 2 aromatic heterocycles. The summed E-state index contributed by atoms with van der Waals surface area (Å²) in [5.74, 6) is 3.68. The first kappa shape index (κ1) is 25.9. The first-order chi connectivity index (χ1) is 17.5. The van der Waals surface area contributed by atoms with Crippen molar-refractivity contribution in [3.8, 4) is 5.75 Å². The summed E-state index contributed by atoms with van der Waals surface area (Å²) >= 11 is 0. The Hall–Kier alpha value is -3.17. The molecule has 0 saturated carbocycles. The average molecular weight is 496 g/mol. The van der Waals surface area contributed by atoms with Crippen LogP contribution >= 0.6 is 0 Å². The molecule has 1 aliphatic heterocycles. The van der Waals surface area contributed by atoms with Gasteiger partial charge in [-0.2, -0.15) is 0 Å². The fourth-order valence-corrected chi connectivity index (χ4v) is 4.63. The van der Waals surface area contributed by atoms with E-state index in [0.717, 1.165) is 56.4 Å². The molecule has 1 aromatic carbocycles. The van der Waals surface area contributed by atoms with Crippen molar-refractivity contribution in [2.75, 3.05) is 26.8 Å². The lowest BCUT2D eigenvalue weighted by molar-refractivity contribution is 0.0892. The molecule has 0 bridgehead atoms. The number of nitrogens with zero attached hydrogens (tertiary/aromatic N) is 4. The molecule has 0 spiro atoms. The fraction of sp³-hybridized carbons (Fsp3) is 0.519. The van der Waals surface area contributed by atoms with Gasteiger partial charge in [-0.25, -0.2) is 0 Å². The van der Waals surface area contributed by atoms with E-state index in [9.17, 15) is 4.79 Å². The normalized spacial score (nSPS) is 14.9. The van der Waals surface area contributed by atoms with Crippen LogP contribution < -0.4 is 10.1 Å². The zero-order valence-corrected chi connectivity index (χ0v) is 21.7. The monoisotopic (exact) mass is 495 g/mol. The van der Waals surface area contributed by atoms with Gasteiger partial charge in [-0.1, -0.05) is 32.0 Å². The van der Waals surface area contributed by atoms with Gasteiger partial charge < -0.3 is 23.8 Å². The lowest BCUT2D eigenvalue weighted by Gasteiger charge is -2.22. The van der Waals surface area contributed by atoms with Crippen LogP contribution in [0.4, 0.5) is 0 Å². The summed E-state index contributed by atoms with van der Waals surface area (Å²) < 4.78 is 18.7. The lowest BCUT2D eigenvalue weighted by Crippen LogP contribution is -2.32. The Labute approximate surface area is 212 Å². The molecule has 9 heteroatoms. The third kappa shape index (κ3) is 6.33. The largest absolute Gasteiger partial charge is 0.494 e. The van der Waals surface area contributed by atoms with Crippen LogP contribution in [-0.4, -0.2) is 52.4 Å². The third-order valence-electron chi connectivity index (χ3n) is 6.31. The predicted molar refractivity (Wildman–Crippen MR) is 136 cm³/mol. The maximum absolute atomic E-state index is 13.0. The van der Waals surface area contributed by atoms with E-state index in [1.807, 2.05) is 19.1 Å². The van der Waals surface area contributed by atoms with Gasteiger partial charge in [0.1, 0.15) is 23.9 Å². The molecule has 1 amide bonds. The van der Waals surface area contributed by atoms with E-state index in [1.54, 1.807) is 19.2 Å². The van der Waals surface area contributed by atoms with Gasteiger partial charge in [0.2, 0.25) is 0 Å². The Morgan fingerprint density at radius 3 is 2.75 bits per heavy atom. The van der Waals surface area contributed by atoms with E-state index in [4.69, 9.17) is 13.9 Å². The Balaban J connectivity index is 1.48. The number of para-hydroxylation sites is 1. The van der Waals surface area contributed by atoms with Gasteiger partial charge in [0, 0.05) is 45.3 Å². The molecule has 1 aliphatic rings. The van der Waals surface area contributed by atoms with Gasteiger partial charge in [0.05, 0.1) is 12.6 Å².